The molecule has 25 heavy (non-hydrogen) atoms. The van der Waals surface area contributed by atoms with E-state index in [0.29, 0.717) is 27.7 Å². The first-order chi connectivity index (χ1) is 12.2. The van der Waals surface area contributed by atoms with Crippen molar-refractivity contribution in [1.29, 1.82) is 0 Å². The Hall–Kier alpha value is -3.19. The molecule has 0 atom stereocenters. The zero-order chi connectivity index (χ0) is 17.6. The Morgan fingerprint density at radius 1 is 1.00 bits per heavy atom. The van der Waals surface area contributed by atoms with Crippen molar-refractivity contribution in [3.63, 3.8) is 0 Å². The predicted octanol–water partition coefficient (Wildman–Crippen LogP) is 3.66. The van der Waals surface area contributed by atoms with Crippen LogP contribution in [0.25, 0.3) is 0 Å². The van der Waals surface area contributed by atoms with Gasteiger partial charge in [-0.05, 0) is 42.5 Å². The summed E-state index contributed by atoms with van der Waals surface area (Å²) in [4.78, 5) is 28.5. The number of nitrogens with zero attached hydrogens (tertiary/aromatic N) is 1. The number of amides is 2. The summed E-state index contributed by atoms with van der Waals surface area (Å²) in [5.74, 6) is 0.132. The molecule has 7 heteroatoms. The van der Waals surface area contributed by atoms with Gasteiger partial charge in [0.2, 0.25) is 0 Å². The molecule has 0 aliphatic heterocycles. The van der Waals surface area contributed by atoms with E-state index in [1.165, 1.54) is 11.3 Å². The second kappa shape index (κ2) is 7.59. The van der Waals surface area contributed by atoms with Crippen molar-refractivity contribution in [2.45, 2.75) is 0 Å². The zero-order valence-electron chi connectivity index (χ0n) is 13.4. The van der Waals surface area contributed by atoms with Crippen LogP contribution in [0.4, 0.5) is 10.8 Å². The molecule has 0 saturated carbocycles. The number of benzene rings is 2. The maximum absolute atomic E-state index is 12.3. The van der Waals surface area contributed by atoms with Crippen LogP contribution in [0.15, 0.2) is 60.1 Å². The lowest BCUT2D eigenvalue weighted by Crippen LogP contribution is -2.14. The van der Waals surface area contributed by atoms with Gasteiger partial charge in [-0.2, -0.15) is 0 Å². The summed E-state index contributed by atoms with van der Waals surface area (Å²) in [6.45, 7) is 0. The number of nitrogens with one attached hydrogen (secondary N) is 2. The van der Waals surface area contributed by atoms with Crippen LogP contribution >= 0.6 is 11.3 Å². The van der Waals surface area contributed by atoms with E-state index in [-0.39, 0.29) is 11.8 Å². The van der Waals surface area contributed by atoms with Gasteiger partial charge in [0.05, 0.1) is 7.11 Å². The molecule has 3 aromatic rings. The molecule has 2 N–H and O–H groups in total. The van der Waals surface area contributed by atoms with Crippen molar-refractivity contribution in [2.75, 3.05) is 17.7 Å². The van der Waals surface area contributed by atoms with Crippen molar-refractivity contribution in [1.82, 2.24) is 4.98 Å². The number of aromatic nitrogens is 1. The molecule has 2 amide bonds. The molecule has 0 bridgehead atoms. The summed E-state index contributed by atoms with van der Waals surface area (Å²) < 4.78 is 5.07. The van der Waals surface area contributed by atoms with E-state index in [9.17, 15) is 9.59 Å². The number of thiazole rings is 1. The molecule has 0 fully saturated rings. The van der Waals surface area contributed by atoms with Crippen LogP contribution in [-0.4, -0.2) is 23.9 Å². The quantitative estimate of drug-likeness (QED) is 0.734. The Bertz CT molecular complexity index is 877. The van der Waals surface area contributed by atoms with Crippen LogP contribution in [-0.2, 0) is 0 Å². The summed E-state index contributed by atoms with van der Waals surface area (Å²) in [6.07, 6.45) is 1.62. The highest BCUT2D eigenvalue weighted by atomic mass is 32.1. The predicted molar refractivity (Wildman–Crippen MR) is 97.5 cm³/mol. The van der Waals surface area contributed by atoms with Gasteiger partial charge in [0.25, 0.3) is 11.8 Å². The molecule has 0 radical (unpaired) electrons. The Morgan fingerprint density at radius 3 is 2.44 bits per heavy atom. The van der Waals surface area contributed by atoms with Gasteiger partial charge in [-0.3, -0.25) is 14.9 Å². The van der Waals surface area contributed by atoms with E-state index in [2.05, 4.69) is 15.6 Å². The SMILES string of the molecule is COc1ccc(C(=O)Nc2cccc(C(=O)Nc3nccs3)c2)cc1. The van der Waals surface area contributed by atoms with Gasteiger partial charge < -0.3 is 10.1 Å². The number of carbonyl (C=O) groups excluding carboxylic acids is 2. The van der Waals surface area contributed by atoms with Crippen molar-refractivity contribution in [3.05, 3.63) is 71.2 Å². The molecule has 0 saturated heterocycles. The molecular formula is C18H15N3O3S. The lowest BCUT2D eigenvalue weighted by molar-refractivity contribution is 0.101. The number of hydrogen-bond donors (Lipinski definition) is 2. The van der Waals surface area contributed by atoms with Crippen LogP contribution in [0.3, 0.4) is 0 Å². The largest absolute Gasteiger partial charge is 0.497 e. The first-order valence-corrected chi connectivity index (χ1v) is 8.30. The van der Waals surface area contributed by atoms with E-state index in [0.717, 1.165) is 0 Å². The van der Waals surface area contributed by atoms with Gasteiger partial charge in [-0.25, -0.2) is 4.98 Å². The fraction of sp³-hybridized carbons (Fsp3) is 0.0556. The highest BCUT2D eigenvalue weighted by Gasteiger charge is 2.10. The number of anilines is 2. The van der Waals surface area contributed by atoms with Gasteiger partial charge in [0.1, 0.15) is 5.75 Å². The molecule has 0 aliphatic rings. The normalized spacial score (nSPS) is 10.1. The second-order valence-corrected chi connectivity index (χ2v) is 5.95. The topological polar surface area (TPSA) is 80.3 Å². The molecule has 3 rings (SSSR count). The van der Waals surface area contributed by atoms with Gasteiger partial charge in [0, 0.05) is 28.4 Å². The average Bonchev–Trinajstić information content (AvgIpc) is 3.15. The average molecular weight is 353 g/mol. The van der Waals surface area contributed by atoms with Crippen LogP contribution in [0, 0.1) is 0 Å². The standard InChI is InChI=1S/C18H15N3O3S/c1-24-15-7-5-12(6-8-15)16(22)20-14-4-2-3-13(11-14)17(23)21-18-19-9-10-25-18/h2-11H,1H3,(H,20,22)(H,19,21,23). The van der Waals surface area contributed by atoms with E-state index < -0.39 is 0 Å². The third-order valence-electron chi connectivity index (χ3n) is 3.39. The van der Waals surface area contributed by atoms with E-state index in [1.54, 1.807) is 67.2 Å². The van der Waals surface area contributed by atoms with Crippen molar-refractivity contribution in [2.24, 2.45) is 0 Å². The van der Waals surface area contributed by atoms with Crippen molar-refractivity contribution < 1.29 is 14.3 Å². The van der Waals surface area contributed by atoms with Crippen LogP contribution in [0.2, 0.25) is 0 Å². The number of methoxy groups -OCH3 is 1. The molecule has 2 aromatic carbocycles. The first-order valence-electron chi connectivity index (χ1n) is 7.42. The molecule has 0 spiro atoms. The Balaban J connectivity index is 1.70. The molecule has 126 valence electrons. The second-order valence-electron chi connectivity index (χ2n) is 5.05. The highest BCUT2D eigenvalue weighted by molar-refractivity contribution is 7.13. The van der Waals surface area contributed by atoms with Gasteiger partial charge in [-0.15, -0.1) is 11.3 Å². The molecule has 0 unspecified atom stereocenters. The zero-order valence-corrected chi connectivity index (χ0v) is 14.2. The molecule has 0 aliphatic carbocycles. The number of carbonyl (C=O) groups is 2. The Morgan fingerprint density at radius 2 is 1.76 bits per heavy atom. The summed E-state index contributed by atoms with van der Waals surface area (Å²) >= 11 is 1.34. The maximum atomic E-state index is 12.3. The minimum Gasteiger partial charge on any atom is -0.497 e. The number of hydrogen-bond acceptors (Lipinski definition) is 5. The summed E-state index contributed by atoms with van der Waals surface area (Å²) in [7, 11) is 1.57. The molecule has 1 aromatic heterocycles. The van der Waals surface area contributed by atoms with E-state index in [1.807, 2.05) is 0 Å². The third kappa shape index (κ3) is 4.21. The Kier molecular flexibility index (Phi) is 5.06. The first kappa shape index (κ1) is 16.7. The van der Waals surface area contributed by atoms with Crippen molar-refractivity contribution >= 4 is 34.0 Å². The van der Waals surface area contributed by atoms with E-state index in [4.69, 9.17) is 4.74 Å². The van der Waals surface area contributed by atoms with Gasteiger partial charge in [0.15, 0.2) is 5.13 Å². The lowest BCUT2D eigenvalue weighted by atomic mass is 10.1. The minimum atomic E-state index is -0.282. The monoisotopic (exact) mass is 353 g/mol. The molecule has 1 heterocycles. The van der Waals surface area contributed by atoms with E-state index >= 15 is 0 Å². The van der Waals surface area contributed by atoms with Crippen LogP contribution in [0.5, 0.6) is 5.75 Å². The minimum absolute atomic E-state index is 0.264. The fourth-order valence-electron chi connectivity index (χ4n) is 2.14. The smallest absolute Gasteiger partial charge is 0.257 e. The fourth-order valence-corrected chi connectivity index (χ4v) is 2.66. The summed E-state index contributed by atoms with van der Waals surface area (Å²) in [6, 6.07) is 13.5. The Labute approximate surface area is 148 Å². The summed E-state index contributed by atoms with van der Waals surface area (Å²) in [5.41, 5.74) is 1.47. The van der Waals surface area contributed by atoms with Gasteiger partial charge in [-0.1, -0.05) is 6.07 Å². The maximum Gasteiger partial charge on any atom is 0.257 e. The number of rotatable bonds is 5. The lowest BCUT2D eigenvalue weighted by Gasteiger charge is -2.08. The highest BCUT2D eigenvalue weighted by Crippen LogP contribution is 2.17. The third-order valence-corrected chi connectivity index (χ3v) is 4.08. The van der Waals surface area contributed by atoms with Crippen molar-refractivity contribution in [3.8, 4) is 5.75 Å². The van der Waals surface area contributed by atoms with Crippen LogP contribution in [0.1, 0.15) is 20.7 Å². The summed E-state index contributed by atoms with van der Waals surface area (Å²) in [5, 5.41) is 7.79. The van der Waals surface area contributed by atoms with Gasteiger partial charge >= 0.3 is 0 Å². The number of ether oxygens (including phenoxy) is 1. The molecule has 6 nitrogen and oxygen atoms in total. The van der Waals surface area contributed by atoms with Crippen LogP contribution < -0.4 is 15.4 Å². The molecular weight excluding hydrogens is 338 g/mol.